The summed E-state index contributed by atoms with van der Waals surface area (Å²) in [7, 11) is -12.2. The van der Waals surface area contributed by atoms with Gasteiger partial charge >= 0.3 is 179 Å². The molecule has 0 saturated carbocycles. The summed E-state index contributed by atoms with van der Waals surface area (Å²) in [5, 5.41) is -0.970. The third-order valence-corrected chi connectivity index (χ3v) is 8.26. The van der Waals surface area contributed by atoms with E-state index in [1.54, 1.807) is 0 Å². The maximum absolute atomic E-state index is 13.4. The number of benzene rings is 2. The van der Waals surface area contributed by atoms with E-state index in [0.717, 1.165) is 12.1 Å². The van der Waals surface area contributed by atoms with Crippen LogP contribution in [0, 0.1) is 4.06 Å². The van der Waals surface area contributed by atoms with Crippen LogP contribution in [0.3, 0.4) is 0 Å². The van der Waals surface area contributed by atoms with Gasteiger partial charge in [-0.15, -0.1) is 0 Å². The van der Waals surface area contributed by atoms with Crippen LogP contribution >= 0.6 is 0 Å². The van der Waals surface area contributed by atoms with Crippen LogP contribution in [0.1, 0.15) is 0 Å². The van der Waals surface area contributed by atoms with Gasteiger partial charge in [-0.2, -0.15) is 0 Å². The van der Waals surface area contributed by atoms with Gasteiger partial charge in [-0.25, -0.2) is 0 Å². The van der Waals surface area contributed by atoms with Gasteiger partial charge in [0.2, 0.25) is 0 Å². The van der Waals surface area contributed by atoms with E-state index in [9.17, 15) is 43.2 Å². The number of sulfone groups is 2. The molecule has 0 radical (unpaired) electrons. The van der Waals surface area contributed by atoms with Crippen molar-refractivity contribution in [2.75, 3.05) is 0 Å². The Balaban J connectivity index is 2.61. The van der Waals surface area contributed by atoms with Crippen LogP contribution < -0.4 is 0 Å². The number of rotatable bonds is 3. The average Bonchev–Trinajstić information content (AvgIpc) is 2.66. The molecule has 14 heteroatoms. The van der Waals surface area contributed by atoms with Crippen LogP contribution in [0.4, 0.5) is 26.3 Å². The monoisotopic (exact) mass is 550 g/mol. The molecule has 0 aliphatic heterocycles. The second kappa shape index (κ2) is 7.47. The third kappa shape index (κ3) is 3.81. The predicted octanol–water partition coefficient (Wildman–Crippen LogP) is 4.39. The van der Waals surface area contributed by atoms with Crippen LogP contribution in [0.25, 0.3) is 22.3 Å². The van der Waals surface area contributed by atoms with Crippen LogP contribution in [0.2, 0.25) is 0 Å². The molecular formula is C17H8F6O5S2Se. The SMILES string of the molecule is O=S(=O)(c1c(-c2ccccc2)oc2cccc(S(=O)(=O)C(F)(F)F)c2c1=[Se])C(F)(F)F. The van der Waals surface area contributed by atoms with E-state index in [2.05, 4.69) is 0 Å². The van der Waals surface area contributed by atoms with Crippen molar-refractivity contribution in [1.82, 2.24) is 0 Å². The van der Waals surface area contributed by atoms with Gasteiger partial charge in [-0.1, -0.05) is 0 Å². The number of hydrogen-bond acceptors (Lipinski definition) is 5. The van der Waals surface area contributed by atoms with Gasteiger partial charge in [0, 0.05) is 0 Å². The molecule has 0 saturated heterocycles. The standard InChI is InChI=1S/C17H8F6O5S2Se/c18-16(19,20)29(24,25)11-8-4-7-10-12(11)15(31)14(30(26,27)17(21,22)23)13(28-10)9-5-2-1-3-6-9/h1-8H. The molecular weight excluding hydrogens is 541 g/mol. The van der Waals surface area contributed by atoms with E-state index < -0.39 is 61.3 Å². The van der Waals surface area contributed by atoms with E-state index in [0.29, 0.717) is 6.07 Å². The molecule has 5 nitrogen and oxygen atoms in total. The van der Waals surface area contributed by atoms with Gasteiger partial charge in [0.15, 0.2) is 0 Å². The molecule has 0 N–H and O–H groups in total. The average molecular weight is 549 g/mol. The van der Waals surface area contributed by atoms with Crippen molar-refractivity contribution in [1.29, 1.82) is 0 Å². The summed E-state index contributed by atoms with van der Waals surface area (Å²) in [5.41, 5.74) is -12.3. The van der Waals surface area contributed by atoms with Crippen molar-refractivity contribution in [3.8, 4) is 11.3 Å². The van der Waals surface area contributed by atoms with Gasteiger partial charge in [0.1, 0.15) is 0 Å². The van der Waals surface area contributed by atoms with Gasteiger partial charge in [-0.3, -0.25) is 0 Å². The summed E-state index contributed by atoms with van der Waals surface area (Å²) in [6.45, 7) is 0. The summed E-state index contributed by atoms with van der Waals surface area (Å²) in [5.74, 6) is -0.819. The molecule has 166 valence electrons. The number of hydrogen-bond donors (Lipinski definition) is 0. The summed E-state index contributed by atoms with van der Waals surface area (Å²) >= 11 is 1.99. The Bertz CT molecular complexity index is 1440. The zero-order chi connectivity index (χ0) is 23.4. The molecule has 0 unspecified atom stereocenters. The fourth-order valence-corrected chi connectivity index (χ4v) is 6.11. The molecule has 0 bridgehead atoms. The Morgan fingerprint density at radius 1 is 0.742 bits per heavy atom. The normalized spacial score (nSPS) is 13.5. The number of halogens is 6. The molecule has 1 heterocycles. The first-order valence-electron chi connectivity index (χ1n) is 7.88. The van der Waals surface area contributed by atoms with Crippen LogP contribution in [-0.2, 0) is 19.7 Å². The van der Waals surface area contributed by atoms with Crippen molar-refractivity contribution >= 4 is 46.2 Å². The van der Waals surface area contributed by atoms with Crippen LogP contribution in [0.15, 0.2) is 62.7 Å². The molecule has 0 aliphatic carbocycles. The van der Waals surface area contributed by atoms with Gasteiger partial charge in [0.25, 0.3) is 0 Å². The molecule has 0 amide bonds. The summed E-state index contributed by atoms with van der Waals surface area (Å²) in [4.78, 5) is -2.98. The summed E-state index contributed by atoms with van der Waals surface area (Å²) in [6, 6.07) is 9.03. The Hall–Kier alpha value is -2.15. The fourth-order valence-electron chi connectivity index (χ4n) is 2.68. The fraction of sp³-hybridized carbons (Fsp3) is 0.118. The summed E-state index contributed by atoms with van der Waals surface area (Å²) < 4.78 is 132. The van der Waals surface area contributed by atoms with E-state index >= 15 is 0 Å². The second-order valence-corrected chi connectivity index (χ2v) is 10.6. The van der Waals surface area contributed by atoms with Crippen molar-refractivity contribution in [2.45, 2.75) is 20.8 Å². The molecule has 0 spiro atoms. The first-order chi connectivity index (χ1) is 14.1. The molecule has 2 aromatic carbocycles. The minimum atomic E-state index is -6.18. The van der Waals surface area contributed by atoms with E-state index in [-0.39, 0.29) is 5.56 Å². The van der Waals surface area contributed by atoms with Crippen molar-refractivity contribution in [2.24, 2.45) is 0 Å². The summed E-state index contributed by atoms with van der Waals surface area (Å²) in [6.07, 6.45) is 0. The van der Waals surface area contributed by atoms with E-state index in [1.165, 1.54) is 30.3 Å². The van der Waals surface area contributed by atoms with Crippen molar-refractivity contribution in [3.05, 3.63) is 52.6 Å². The van der Waals surface area contributed by atoms with Gasteiger partial charge in [0.05, 0.1) is 0 Å². The topological polar surface area (TPSA) is 81.4 Å². The van der Waals surface area contributed by atoms with Gasteiger partial charge in [-0.05, 0) is 0 Å². The molecule has 3 aromatic rings. The Morgan fingerprint density at radius 2 is 1.29 bits per heavy atom. The predicted molar refractivity (Wildman–Crippen MR) is 97.1 cm³/mol. The molecule has 1 aromatic heterocycles. The Morgan fingerprint density at radius 3 is 1.81 bits per heavy atom. The number of alkyl halides is 6. The first kappa shape index (κ1) is 23.5. The quantitative estimate of drug-likeness (QED) is 0.358. The van der Waals surface area contributed by atoms with Crippen LogP contribution in [-0.4, -0.2) is 43.4 Å². The van der Waals surface area contributed by atoms with E-state index in [1.807, 2.05) is 15.6 Å². The maximum atomic E-state index is 13.4. The Kier molecular flexibility index (Phi) is 5.66. The molecule has 31 heavy (non-hydrogen) atoms. The van der Waals surface area contributed by atoms with Gasteiger partial charge < -0.3 is 0 Å². The molecule has 0 atom stereocenters. The van der Waals surface area contributed by atoms with Crippen molar-refractivity contribution < 1.29 is 47.6 Å². The molecule has 3 rings (SSSR count). The number of fused-ring (bicyclic) bond motifs is 1. The van der Waals surface area contributed by atoms with Crippen molar-refractivity contribution in [3.63, 3.8) is 0 Å². The Labute approximate surface area is 178 Å². The zero-order valence-corrected chi connectivity index (χ0v) is 18.0. The van der Waals surface area contributed by atoms with Crippen LogP contribution in [0.5, 0.6) is 0 Å². The third-order valence-electron chi connectivity index (χ3n) is 4.04. The first-order valence-corrected chi connectivity index (χ1v) is 11.7. The molecule has 0 fully saturated rings. The van der Waals surface area contributed by atoms with E-state index in [4.69, 9.17) is 4.42 Å². The second-order valence-electron chi connectivity index (χ2n) is 5.98. The minimum absolute atomic E-state index is 0.132. The zero-order valence-electron chi connectivity index (χ0n) is 14.7. The molecule has 0 aliphatic rings.